The molecule has 0 saturated heterocycles. The largest absolute Gasteiger partial charge is 0.431 e. The maximum Gasteiger partial charge on any atom is 0.431 e. The van der Waals surface area contributed by atoms with E-state index in [1.165, 1.54) is 0 Å². The van der Waals surface area contributed by atoms with E-state index in [1.807, 2.05) is 0 Å². The quantitative estimate of drug-likeness (QED) is 0.755. The van der Waals surface area contributed by atoms with Crippen LogP contribution in [0.1, 0.15) is 5.56 Å². The second-order valence-electron chi connectivity index (χ2n) is 5.30. The highest BCUT2D eigenvalue weighted by atomic mass is 19.4. The van der Waals surface area contributed by atoms with Gasteiger partial charge in [-0.3, -0.25) is 0 Å². The SMILES string of the molecule is OC1C(C(O)C(F)(F)F)C(C(F)(F)F)=NN1c1ccc(C(F)(F)F)cc1. The molecule has 1 aromatic rings. The summed E-state index contributed by atoms with van der Waals surface area (Å²) in [4.78, 5) is 0. The van der Waals surface area contributed by atoms with Crippen LogP contribution in [0.15, 0.2) is 29.4 Å². The smallest absolute Gasteiger partial charge is 0.383 e. The van der Waals surface area contributed by atoms with E-state index in [2.05, 4.69) is 5.10 Å². The van der Waals surface area contributed by atoms with Crippen LogP contribution in [0.25, 0.3) is 0 Å². The number of aliphatic hydroxyl groups is 2. The van der Waals surface area contributed by atoms with Crippen molar-refractivity contribution < 1.29 is 49.7 Å². The number of alkyl halides is 9. The Kier molecular flexibility index (Phi) is 4.92. The summed E-state index contributed by atoms with van der Waals surface area (Å²) in [6.45, 7) is 0. The predicted octanol–water partition coefficient (Wildman–Crippen LogP) is 3.30. The Hall–Kier alpha value is -2.02. The van der Waals surface area contributed by atoms with Crippen LogP contribution in [-0.4, -0.2) is 40.6 Å². The van der Waals surface area contributed by atoms with Crippen LogP contribution in [0.4, 0.5) is 45.2 Å². The fourth-order valence-electron chi connectivity index (χ4n) is 2.31. The first-order valence-corrected chi connectivity index (χ1v) is 6.69. The van der Waals surface area contributed by atoms with E-state index < -0.39 is 53.7 Å². The van der Waals surface area contributed by atoms with E-state index in [-0.39, 0.29) is 5.01 Å². The molecular weight excluding hydrogens is 387 g/mol. The number of nitrogens with zero attached hydrogens (tertiary/aromatic N) is 2. The fraction of sp³-hybridized carbons (Fsp3) is 0.462. The van der Waals surface area contributed by atoms with Gasteiger partial charge in [0.25, 0.3) is 0 Å². The minimum atomic E-state index is -5.49. The van der Waals surface area contributed by atoms with E-state index in [0.717, 1.165) is 0 Å². The van der Waals surface area contributed by atoms with Crippen LogP contribution in [-0.2, 0) is 6.18 Å². The summed E-state index contributed by atoms with van der Waals surface area (Å²) in [7, 11) is 0. The number of benzene rings is 1. The Balaban J connectivity index is 2.43. The molecule has 0 spiro atoms. The molecule has 3 atom stereocenters. The van der Waals surface area contributed by atoms with Gasteiger partial charge in [0.05, 0.1) is 17.2 Å². The topological polar surface area (TPSA) is 56.1 Å². The zero-order chi connectivity index (χ0) is 20.1. The molecule has 13 heteroatoms. The third kappa shape index (κ3) is 3.87. The lowest BCUT2D eigenvalue weighted by Gasteiger charge is -2.28. The third-order valence-electron chi connectivity index (χ3n) is 3.53. The molecule has 1 heterocycles. The van der Waals surface area contributed by atoms with Gasteiger partial charge in [0.1, 0.15) is 0 Å². The highest BCUT2D eigenvalue weighted by molar-refractivity contribution is 5.95. The molecule has 0 radical (unpaired) electrons. The van der Waals surface area contributed by atoms with Crippen LogP contribution in [0.2, 0.25) is 0 Å². The van der Waals surface area contributed by atoms with Gasteiger partial charge in [-0.25, -0.2) is 5.01 Å². The molecule has 1 aliphatic rings. The molecule has 146 valence electrons. The molecule has 4 nitrogen and oxygen atoms in total. The van der Waals surface area contributed by atoms with Crippen LogP contribution < -0.4 is 5.01 Å². The van der Waals surface area contributed by atoms with Gasteiger partial charge in [0.15, 0.2) is 18.0 Å². The van der Waals surface area contributed by atoms with Crippen molar-refractivity contribution in [3.63, 3.8) is 0 Å². The molecule has 3 unspecified atom stereocenters. The molecule has 1 aromatic carbocycles. The van der Waals surface area contributed by atoms with Crippen LogP contribution >= 0.6 is 0 Å². The zero-order valence-corrected chi connectivity index (χ0v) is 12.2. The van der Waals surface area contributed by atoms with Crippen LogP contribution in [0.5, 0.6) is 0 Å². The Bertz CT molecular complexity index is 679. The molecule has 1 aliphatic heterocycles. The summed E-state index contributed by atoms with van der Waals surface area (Å²) in [6, 6.07) is 2.18. The standard InChI is InChI=1S/C13H9F9N2O2/c14-11(15,16)5-1-3-6(4-2-5)24-10(26)7(9(25)13(20,21)22)8(23-24)12(17,18)19/h1-4,7,9-10,25-26H. The number of hydrogen-bond donors (Lipinski definition) is 2. The summed E-state index contributed by atoms with van der Waals surface area (Å²) in [5.41, 5.74) is -3.79. The average Bonchev–Trinajstić information content (AvgIpc) is 2.82. The fourth-order valence-corrected chi connectivity index (χ4v) is 2.31. The van der Waals surface area contributed by atoms with Crippen molar-refractivity contribution in [2.45, 2.75) is 30.9 Å². The van der Waals surface area contributed by atoms with Gasteiger partial charge in [0, 0.05) is 0 Å². The van der Waals surface area contributed by atoms with Gasteiger partial charge >= 0.3 is 18.5 Å². The normalized spacial score (nSPS) is 23.2. The van der Waals surface area contributed by atoms with Crippen molar-refractivity contribution in [2.75, 3.05) is 5.01 Å². The number of hydrogen-bond acceptors (Lipinski definition) is 4. The van der Waals surface area contributed by atoms with Gasteiger partial charge in [-0.1, -0.05) is 0 Å². The maximum atomic E-state index is 12.9. The second-order valence-corrected chi connectivity index (χ2v) is 5.30. The van der Waals surface area contributed by atoms with Crippen molar-refractivity contribution in [1.29, 1.82) is 0 Å². The van der Waals surface area contributed by atoms with Crippen molar-refractivity contribution >= 4 is 11.4 Å². The highest BCUT2D eigenvalue weighted by Crippen LogP contribution is 2.40. The molecule has 0 aliphatic carbocycles. The lowest BCUT2D eigenvalue weighted by atomic mass is 9.94. The van der Waals surface area contributed by atoms with E-state index >= 15 is 0 Å². The molecule has 2 rings (SSSR count). The molecule has 0 aromatic heterocycles. The van der Waals surface area contributed by atoms with Gasteiger partial charge < -0.3 is 10.2 Å². The first-order chi connectivity index (χ1) is 11.6. The number of hydrazone groups is 1. The van der Waals surface area contributed by atoms with Gasteiger partial charge in [-0.05, 0) is 24.3 Å². The Morgan fingerprint density at radius 3 is 1.77 bits per heavy atom. The van der Waals surface area contributed by atoms with Gasteiger partial charge in [0.2, 0.25) is 0 Å². The first-order valence-electron chi connectivity index (χ1n) is 6.69. The van der Waals surface area contributed by atoms with Crippen LogP contribution in [0, 0.1) is 5.92 Å². The highest BCUT2D eigenvalue weighted by Gasteiger charge is 2.58. The van der Waals surface area contributed by atoms with Crippen molar-refractivity contribution in [2.24, 2.45) is 11.0 Å². The number of halogens is 9. The van der Waals surface area contributed by atoms with E-state index in [0.29, 0.717) is 24.3 Å². The van der Waals surface area contributed by atoms with Gasteiger partial charge in [-0.15, -0.1) is 0 Å². The Morgan fingerprint density at radius 2 is 1.38 bits per heavy atom. The monoisotopic (exact) mass is 396 g/mol. The maximum absolute atomic E-state index is 12.9. The second kappa shape index (κ2) is 6.30. The van der Waals surface area contributed by atoms with Crippen molar-refractivity contribution in [1.82, 2.24) is 0 Å². The first kappa shape index (κ1) is 20.3. The summed E-state index contributed by atoms with van der Waals surface area (Å²) < 4.78 is 114. The van der Waals surface area contributed by atoms with E-state index in [9.17, 15) is 44.6 Å². The molecule has 0 amide bonds. The molecule has 0 bridgehead atoms. The molecule has 26 heavy (non-hydrogen) atoms. The van der Waals surface area contributed by atoms with E-state index in [4.69, 9.17) is 5.11 Å². The summed E-state index contributed by atoms with van der Waals surface area (Å²) in [6.07, 6.45) is -21.8. The Morgan fingerprint density at radius 1 is 0.885 bits per heavy atom. The average molecular weight is 396 g/mol. The van der Waals surface area contributed by atoms with Gasteiger partial charge in [-0.2, -0.15) is 44.6 Å². The summed E-state index contributed by atoms with van der Waals surface area (Å²) >= 11 is 0. The predicted molar refractivity (Wildman–Crippen MR) is 69.0 cm³/mol. The van der Waals surface area contributed by atoms with Crippen molar-refractivity contribution in [3.05, 3.63) is 29.8 Å². The Labute approximate surface area is 139 Å². The summed E-state index contributed by atoms with van der Waals surface area (Å²) in [5, 5.41) is 21.9. The minimum absolute atomic E-state index is 0.0720. The van der Waals surface area contributed by atoms with Crippen molar-refractivity contribution in [3.8, 4) is 0 Å². The molecule has 0 saturated carbocycles. The number of anilines is 1. The molecule has 0 fully saturated rings. The minimum Gasteiger partial charge on any atom is -0.383 e. The lowest BCUT2D eigenvalue weighted by Crippen LogP contribution is -2.49. The number of aliphatic hydroxyl groups excluding tert-OH is 2. The third-order valence-corrected chi connectivity index (χ3v) is 3.53. The van der Waals surface area contributed by atoms with Crippen LogP contribution in [0.3, 0.4) is 0 Å². The van der Waals surface area contributed by atoms with E-state index in [1.54, 1.807) is 0 Å². The summed E-state index contributed by atoms with van der Waals surface area (Å²) in [5.74, 6) is -2.89. The molecular formula is C13H9F9N2O2. The zero-order valence-electron chi connectivity index (χ0n) is 12.2. The molecule has 2 N–H and O–H groups in total. The number of rotatable bonds is 2. The lowest BCUT2D eigenvalue weighted by molar-refractivity contribution is -0.221.